The van der Waals surface area contributed by atoms with Gasteiger partial charge in [-0.3, -0.25) is 4.79 Å². The first kappa shape index (κ1) is 15.3. The number of nitrogens with one attached hydrogen (secondary N) is 1. The largest absolute Gasteiger partial charge is 0.481 e. The second-order valence-electron chi connectivity index (χ2n) is 5.39. The summed E-state index contributed by atoms with van der Waals surface area (Å²) in [7, 11) is 1.59. The quantitative estimate of drug-likeness (QED) is 0.891. The zero-order chi connectivity index (χ0) is 15.6. The van der Waals surface area contributed by atoms with E-state index in [1.165, 1.54) is 4.90 Å². The number of carbonyl (C=O) groups is 2. The van der Waals surface area contributed by atoms with Crippen molar-refractivity contribution in [1.29, 1.82) is 0 Å². The monoisotopic (exact) mass is 292 g/mol. The van der Waals surface area contributed by atoms with E-state index in [0.29, 0.717) is 5.69 Å². The van der Waals surface area contributed by atoms with Gasteiger partial charge in [-0.25, -0.2) is 4.79 Å². The summed E-state index contributed by atoms with van der Waals surface area (Å²) in [6, 6.07) is 4.87. The Hall–Kier alpha value is -2.08. The molecule has 0 saturated carbocycles. The molecule has 1 saturated heterocycles. The number of benzene rings is 1. The average Bonchev–Trinajstić information content (AvgIpc) is 2.91. The number of hydrogen-bond acceptors (Lipinski definition) is 3. The van der Waals surface area contributed by atoms with Gasteiger partial charge >= 0.3 is 12.0 Å². The van der Waals surface area contributed by atoms with Crippen LogP contribution in [0.1, 0.15) is 11.1 Å². The van der Waals surface area contributed by atoms with Crippen LogP contribution in [-0.2, 0) is 9.53 Å². The maximum Gasteiger partial charge on any atom is 0.321 e. The number of urea groups is 1. The van der Waals surface area contributed by atoms with Crippen molar-refractivity contribution in [3.8, 4) is 0 Å². The van der Waals surface area contributed by atoms with Crippen molar-refractivity contribution in [1.82, 2.24) is 4.90 Å². The average molecular weight is 292 g/mol. The number of ether oxygens (including phenoxy) is 1. The summed E-state index contributed by atoms with van der Waals surface area (Å²) >= 11 is 0. The lowest BCUT2D eigenvalue weighted by atomic mass is 10.0. The molecule has 1 aliphatic rings. The van der Waals surface area contributed by atoms with E-state index in [4.69, 9.17) is 9.84 Å². The van der Waals surface area contributed by atoms with Gasteiger partial charge in [-0.1, -0.05) is 6.07 Å². The van der Waals surface area contributed by atoms with E-state index in [-0.39, 0.29) is 19.2 Å². The van der Waals surface area contributed by atoms with Crippen molar-refractivity contribution in [2.45, 2.75) is 19.9 Å². The fraction of sp³-hybridized carbons (Fsp3) is 0.467. The van der Waals surface area contributed by atoms with Gasteiger partial charge in [-0.15, -0.1) is 0 Å². The molecule has 6 nitrogen and oxygen atoms in total. The normalized spacial score (nSPS) is 21.1. The fourth-order valence-corrected chi connectivity index (χ4v) is 2.34. The smallest absolute Gasteiger partial charge is 0.321 e. The van der Waals surface area contributed by atoms with Crippen molar-refractivity contribution in [3.63, 3.8) is 0 Å². The number of hydrogen-bond donors (Lipinski definition) is 2. The minimum atomic E-state index is -0.941. The highest BCUT2D eigenvalue weighted by atomic mass is 16.5. The second-order valence-corrected chi connectivity index (χ2v) is 5.39. The van der Waals surface area contributed by atoms with Gasteiger partial charge < -0.3 is 20.1 Å². The summed E-state index contributed by atoms with van der Waals surface area (Å²) in [6.07, 6.45) is 0. The van der Waals surface area contributed by atoms with Gasteiger partial charge in [0.05, 0.1) is 19.3 Å². The van der Waals surface area contributed by atoms with Crippen molar-refractivity contribution < 1.29 is 19.4 Å². The molecular formula is C15H20N2O4. The highest BCUT2D eigenvalue weighted by Gasteiger charge is 2.38. The van der Waals surface area contributed by atoms with E-state index in [2.05, 4.69) is 5.32 Å². The predicted molar refractivity (Wildman–Crippen MR) is 78.4 cm³/mol. The molecule has 1 aromatic carbocycles. The third kappa shape index (κ3) is 3.33. The maximum atomic E-state index is 12.2. The van der Waals surface area contributed by atoms with Crippen LogP contribution in [0, 0.1) is 19.8 Å². The number of carbonyl (C=O) groups excluding carboxylic acids is 1. The van der Waals surface area contributed by atoms with Crippen LogP contribution >= 0.6 is 0 Å². The molecule has 2 N–H and O–H groups in total. The Morgan fingerprint density at radius 2 is 2.00 bits per heavy atom. The number of amides is 2. The van der Waals surface area contributed by atoms with E-state index in [0.717, 1.165) is 11.1 Å². The molecule has 0 radical (unpaired) electrons. The molecule has 1 aromatic rings. The number of carboxylic acids is 1. The van der Waals surface area contributed by atoms with Crippen molar-refractivity contribution in [2.24, 2.45) is 5.92 Å². The molecule has 2 amide bonds. The van der Waals surface area contributed by atoms with Crippen LogP contribution in [0.15, 0.2) is 18.2 Å². The third-order valence-electron chi connectivity index (χ3n) is 3.94. The fourth-order valence-electron chi connectivity index (χ4n) is 2.34. The first-order chi connectivity index (χ1) is 9.90. The van der Waals surface area contributed by atoms with Gasteiger partial charge in [0, 0.05) is 12.7 Å². The van der Waals surface area contributed by atoms with Gasteiger partial charge in [-0.2, -0.15) is 0 Å². The van der Waals surface area contributed by atoms with Crippen LogP contribution in [-0.4, -0.2) is 48.3 Å². The van der Waals surface area contributed by atoms with E-state index < -0.39 is 17.9 Å². The number of carboxylic acid groups (broad SMARTS) is 1. The summed E-state index contributed by atoms with van der Waals surface area (Å²) in [5, 5.41) is 11.9. The molecule has 114 valence electrons. The highest BCUT2D eigenvalue weighted by Crippen LogP contribution is 2.20. The minimum absolute atomic E-state index is 0.140. The van der Waals surface area contributed by atoms with E-state index >= 15 is 0 Å². The van der Waals surface area contributed by atoms with E-state index in [1.807, 2.05) is 32.0 Å². The van der Waals surface area contributed by atoms with Gasteiger partial charge in [0.1, 0.15) is 5.92 Å². The topological polar surface area (TPSA) is 78.9 Å². The summed E-state index contributed by atoms with van der Waals surface area (Å²) in [5.41, 5.74) is 2.93. The number of aryl methyl sites for hydroxylation is 2. The molecule has 2 atom stereocenters. The third-order valence-corrected chi connectivity index (χ3v) is 3.94. The predicted octanol–water partition coefficient (Wildman–Crippen LogP) is 1.87. The molecule has 21 heavy (non-hydrogen) atoms. The molecule has 2 unspecified atom stereocenters. The Balaban J connectivity index is 2.05. The van der Waals surface area contributed by atoms with Crippen LogP contribution in [0.2, 0.25) is 0 Å². The molecule has 2 rings (SSSR count). The molecule has 1 fully saturated rings. The summed E-state index contributed by atoms with van der Waals surface area (Å²) in [6.45, 7) is 4.36. The standard InChI is InChI=1S/C15H20N2O4/c1-9-4-5-11(6-10(9)2)16-15(20)17(3)13-8-21-7-12(13)14(18)19/h4-6,12-13H,7-8H2,1-3H3,(H,16,20)(H,18,19). The lowest BCUT2D eigenvalue weighted by Gasteiger charge is -2.26. The Kier molecular flexibility index (Phi) is 4.47. The van der Waals surface area contributed by atoms with Gasteiger partial charge in [-0.05, 0) is 37.1 Å². The molecule has 0 aliphatic carbocycles. The first-order valence-corrected chi connectivity index (χ1v) is 6.81. The van der Waals surface area contributed by atoms with Crippen molar-refractivity contribution in [2.75, 3.05) is 25.6 Å². The molecule has 0 bridgehead atoms. The second kappa shape index (κ2) is 6.13. The Morgan fingerprint density at radius 3 is 2.62 bits per heavy atom. The zero-order valence-corrected chi connectivity index (χ0v) is 12.4. The SMILES string of the molecule is Cc1ccc(NC(=O)N(C)C2COCC2C(=O)O)cc1C. The Morgan fingerprint density at radius 1 is 1.29 bits per heavy atom. The van der Waals surface area contributed by atoms with E-state index in [1.54, 1.807) is 7.05 Å². The molecule has 6 heteroatoms. The van der Waals surface area contributed by atoms with Crippen LogP contribution in [0.3, 0.4) is 0 Å². The molecule has 1 heterocycles. The van der Waals surface area contributed by atoms with Crippen LogP contribution < -0.4 is 5.32 Å². The highest BCUT2D eigenvalue weighted by molar-refractivity contribution is 5.90. The Bertz CT molecular complexity index is 559. The number of rotatable bonds is 3. The van der Waals surface area contributed by atoms with E-state index in [9.17, 15) is 9.59 Å². The zero-order valence-electron chi connectivity index (χ0n) is 12.4. The maximum absolute atomic E-state index is 12.2. The lowest BCUT2D eigenvalue weighted by molar-refractivity contribution is -0.142. The molecule has 1 aliphatic heterocycles. The van der Waals surface area contributed by atoms with Crippen LogP contribution in [0.4, 0.5) is 10.5 Å². The lowest BCUT2D eigenvalue weighted by Crippen LogP contribution is -2.45. The molecule has 0 spiro atoms. The van der Waals surface area contributed by atoms with Crippen molar-refractivity contribution in [3.05, 3.63) is 29.3 Å². The van der Waals surface area contributed by atoms with Crippen molar-refractivity contribution >= 4 is 17.7 Å². The van der Waals surface area contributed by atoms with Gasteiger partial charge in [0.15, 0.2) is 0 Å². The van der Waals surface area contributed by atoms with Crippen LogP contribution in [0.25, 0.3) is 0 Å². The summed E-state index contributed by atoms with van der Waals surface area (Å²) < 4.78 is 5.18. The van der Waals surface area contributed by atoms with Crippen LogP contribution in [0.5, 0.6) is 0 Å². The number of likely N-dealkylation sites (N-methyl/N-ethyl adjacent to an activating group) is 1. The number of anilines is 1. The number of nitrogens with zero attached hydrogens (tertiary/aromatic N) is 1. The molecule has 0 aromatic heterocycles. The molecular weight excluding hydrogens is 272 g/mol. The van der Waals surface area contributed by atoms with Gasteiger partial charge in [0.25, 0.3) is 0 Å². The summed E-state index contributed by atoms with van der Waals surface area (Å²) in [4.78, 5) is 24.8. The van der Waals surface area contributed by atoms with Gasteiger partial charge in [0.2, 0.25) is 0 Å². The number of aliphatic carboxylic acids is 1. The first-order valence-electron chi connectivity index (χ1n) is 6.81. The summed E-state index contributed by atoms with van der Waals surface area (Å²) in [5.74, 6) is -1.62. The minimum Gasteiger partial charge on any atom is -0.481 e. The Labute approximate surface area is 123 Å².